The van der Waals surface area contributed by atoms with E-state index >= 15 is 0 Å². The summed E-state index contributed by atoms with van der Waals surface area (Å²) in [6, 6.07) is 5.83. The molecule has 21 heavy (non-hydrogen) atoms. The minimum absolute atomic E-state index is 0.238. The highest BCUT2D eigenvalue weighted by Gasteiger charge is 2.07. The number of benzene rings is 1. The molecule has 1 heterocycles. The van der Waals surface area contributed by atoms with Crippen molar-refractivity contribution in [2.24, 2.45) is 0 Å². The van der Waals surface area contributed by atoms with E-state index in [1.807, 2.05) is 31.3 Å². The van der Waals surface area contributed by atoms with Crippen molar-refractivity contribution in [1.29, 1.82) is 0 Å². The van der Waals surface area contributed by atoms with Gasteiger partial charge in [-0.05, 0) is 31.4 Å². The minimum Gasteiger partial charge on any atom is -0.481 e. The van der Waals surface area contributed by atoms with Crippen molar-refractivity contribution in [3.05, 3.63) is 30.0 Å². The average Bonchev–Trinajstić information content (AvgIpc) is 2.44. The topological polar surface area (TPSA) is 88.2 Å². The minimum atomic E-state index is -0.732. The lowest BCUT2D eigenvalue weighted by Gasteiger charge is -2.11. The number of carboxylic acids is 1. The zero-order valence-corrected chi connectivity index (χ0v) is 12.2. The maximum absolute atomic E-state index is 10.4. The van der Waals surface area contributed by atoms with E-state index in [9.17, 15) is 4.79 Å². The quantitative estimate of drug-likeness (QED) is 0.537. The summed E-state index contributed by atoms with van der Waals surface area (Å²) < 4.78 is 0. The molecule has 0 amide bonds. The van der Waals surface area contributed by atoms with E-state index in [1.165, 1.54) is 0 Å². The molecule has 0 aliphatic rings. The number of unbranched alkanes of at least 4 members (excludes halogenated alkanes) is 2. The number of carbonyl (C=O) groups is 1. The standard InChI is InChI=1S/C16H21N3O2/c1-11-10-19-16(12-6-5-7-13(17)15(11)12)18-9-4-2-3-8-14(20)21/h5-7,10H,2-4,8-9,17H2,1H3,(H,18,19)(H,20,21). The molecule has 0 atom stereocenters. The summed E-state index contributed by atoms with van der Waals surface area (Å²) >= 11 is 0. The van der Waals surface area contributed by atoms with Crippen LogP contribution in [0.2, 0.25) is 0 Å². The van der Waals surface area contributed by atoms with Crippen molar-refractivity contribution in [3.63, 3.8) is 0 Å². The van der Waals surface area contributed by atoms with Gasteiger partial charge in [-0.15, -0.1) is 0 Å². The molecule has 2 rings (SSSR count). The number of carboxylic acid groups (broad SMARTS) is 1. The second kappa shape index (κ2) is 6.92. The van der Waals surface area contributed by atoms with Gasteiger partial charge in [0.25, 0.3) is 0 Å². The van der Waals surface area contributed by atoms with Gasteiger partial charge in [0.2, 0.25) is 0 Å². The highest BCUT2D eigenvalue weighted by molar-refractivity contribution is 6.01. The Balaban J connectivity index is 1.98. The molecule has 5 nitrogen and oxygen atoms in total. The number of nitrogen functional groups attached to an aromatic ring is 1. The zero-order chi connectivity index (χ0) is 15.2. The molecule has 112 valence electrons. The molecule has 0 aliphatic carbocycles. The molecule has 0 aliphatic heterocycles. The summed E-state index contributed by atoms with van der Waals surface area (Å²) in [7, 11) is 0. The number of aryl methyl sites for hydroxylation is 1. The number of aromatic nitrogens is 1. The van der Waals surface area contributed by atoms with Crippen LogP contribution in [0.3, 0.4) is 0 Å². The first kappa shape index (κ1) is 15.1. The Morgan fingerprint density at radius 2 is 2.14 bits per heavy atom. The van der Waals surface area contributed by atoms with Gasteiger partial charge in [-0.25, -0.2) is 4.98 Å². The largest absolute Gasteiger partial charge is 0.481 e. The average molecular weight is 287 g/mol. The lowest BCUT2D eigenvalue weighted by atomic mass is 10.1. The van der Waals surface area contributed by atoms with Crippen LogP contribution < -0.4 is 11.1 Å². The number of rotatable bonds is 7. The van der Waals surface area contributed by atoms with Gasteiger partial charge in [0, 0.05) is 35.6 Å². The number of nitrogens with zero attached hydrogens (tertiary/aromatic N) is 1. The number of nitrogens with one attached hydrogen (secondary N) is 1. The number of hydrogen-bond donors (Lipinski definition) is 3. The van der Waals surface area contributed by atoms with Crippen molar-refractivity contribution in [2.45, 2.75) is 32.6 Å². The van der Waals surface area contributed by atoms with E-state index in [2.05, 4.69) is 10.3 Å². The van der Waals surface area contributed by atoms with Crippen LogP contribution in [-0.4, -0.2) is 22.6 Å². The van der Waals surface area contributed by atoms with E-state index < -0.39 is 5.97 Å². The van der Waals surface area contributed by atoms with E-state index in [1.54, 1.807) is 0 Å². The molecule has 5 heteroatoms. The number of pyridine rings is 1. The van der Waals surface area contributed by atoms with Crippen LogP contribution in [0.15, 0.2) is 24.4 Å². The Morgan fingerprint density at radius 3 is 2.90 bits per heavy atom. The number of fused-ring (bicyclic) bond motifs is 1. The fourth-order valence-corrected chi connectivity index (χ4v) is 2.43. The van der Waals surface area contributed by atoms with Crippen LogP contribution in [0.25, 0.3) is 10.8 Å². The molecule has 0 radical (unpaired) electrons. The monoisotopic (exact) mass is 287 g/mol. The third-order valence-corrected chi connectivity index (χ3v) is 3.49. The Bertz CT molecular complexity index is 632. The Labute approximate surface area is 124 Å². The van der Waals surface area contributed by atoms with Crippen LogP contribution in [0.4, 0.5) is 11.5 Å². The SMILES string of the molecule is Cc1cnc(NCCCCCC(=O)O)c2cccc(N)c12. The summed E-state index contributed by atoms with van der Waals surface area (Å²) in [6.07, 6.45) is 4.59. The van der Waals surface area contributed by atoms with E-state index in [0.29, 0.717) is 6.42 Å². The molecular weight excluding hydrogens is 266 g/mol. The van der Waals surface area contributed by atoms with Gasteiger partial charge in [-0.2, -0.15) is 0 Å². The summed E-state index contributed by atoms with van der Waals surface area (Å²) in [5.41, 5.74) is 7.86. The predicted octanol–water partition coefficient (Wildman–Crippen LogP) is 3.18. The summed E-state index contributed by atoms with van der Waals surface area (Å²) in [5, 5.41) is 14.0. The molecule has 0 bridgehead atoms. The predicted molar refractivity (Wildman–Crippen MR) is 85.5 cm³/mol. The first-order chi connectivity index (χ1) is 10.1. The molecule has 0 fully saturated rings. The van der Waals surface area contributed by atoms with Crippen molar-refractivity contribution >= 4 is 28.2 Å². The van der Waals surface area contributed by atoms with Gasteiger partial charge >= 0.3 is 5.97 Å². The smallest absolute Gasteiger partial charge is 0.303 e. The summed E-state index contributed by atoms with van der Waals surface area (Å²) in [4.78, 5) is 14.9. The first-order valence-electron chi connectivity index (χ1n) is 7.19. The van der Waals surface area contributed by atoms with Gasteiger partial charge in [-0.3, -0.25) is 4.79 Å². The molecule has 0 unspecified atom stereocenters. The van der Waals surface area contributed by atoms with Crippen molar-refractivity contribution in [3.8, 4) is 0 Å². The number of hydrogen-bond acceptors (Lipinski definition) is 4. The highest BCUT2D eigenvalue weighted by atomic mass is 16.4. The number of aliphatic carboxylic acids is 1. The second-order valence-electron chi connectivity index (χ2n) is 5.19. The van der Waals surface area contributed by atoms with Gasteiger partial charge in [0.15, 0.2) is 0 Å². The van der Waals surface area contributed by atoms with Crippen LogP contribution in [0, 0.1) is 6.92 Å². The van der Waals surface area contributed by atoms with Crippen LogP contribution in [0.1, 0.15) is 31.2 Å². The molecule has 1 aromatic heterocycles. The molecule has 2 aromatic rings. The maximum atomic E-state index is 10.4. The van der Waals surface area contributed by atoms with Crippen LogP contribution in [0.5, 0.6) is 0 Å². The second-order valence-corrected chi connectivity index (χ2v) is 5.19. The summed E-state index contributed by atoms with van der Waals surface area (Å²) in [5.74, 6) is 0.103. The molecule has 0 saturated carbocycles. The molecule has 0 saturated heterocycles. The van der Waals surface area contributed by atoms with Gasteiger partial charge in [0.05, 0.1) is 0 Å². The molecular formula is C16H21N3O2. The molecule has 0 spiro atoms. The van der Waals surface area contributed by atoms with Gasteiger partial charge < -0.3 is 16.2 Å². The zero-order valence-electron chi connectivity index (χ0n) is 12.2. The maximum Gasteiger partial charge on any atom is 0.303 e. The van der Waals surface area contributed by atoms with Crippen molar-refractivity contribution < 1.29 is 9.90 Å². The van der Waals surface area contributed by atoms with E-state index in [-0.39, 0.29) is 6.42 Å². The summed E-state index contributed by atoms with van der Waals surface area (Å²) in [6.45, 7) is 2.78. The third kappa shape index (κ3) is 3.84. The van der Waals surface area contributed by atoms with Crippen LogP contribution >= 0.6 is 0 Å². The van der Waals surface area contributed by atoms with E-state index in [4.69, 9.17) is 10.8 Å². The number of nitrogens with two attached hydrogens (primary N) is 1. The molecule has 1 aromatic carbocycles. The fraction of sp³-hybridized carbons (Fsp3) is 0.375. The lowest BCUT2D eigenvalue weighted by Crippen LogP contribution is -2.05. The van der Waals surface area contributed by atoms with Crippen LogP contribution in [-0.2, 0) is 4.79 Å². The van der Waals surface area contributed by atoms with E-state index in [0.717, 1.165) is 47.2 Å². The normalized spacial score (nSPS) is 10.7. The first-order valence-corrected chi connectivity index (χ1v) is 7.19. The van der Waals surface area contributed by atoms with Crippen molar-refractivity contribution in [2.75, 3.05) is 17.6 Å². The van der Waals surface area contributed by atoms with Crippen molar-refractivity contribution in [1.82, 2.24) is 4.98 Å². The Morgan fingerprint density at radius 1 is 1.33 bits per heavy atom. The fourth-order valence-electron chi connectivity index (χ4n) is 2.43. The number of anilines is 2. The highest BCUT2D eigenvalue weighted by Crippen LogP contribution is 2.28. The third-order valence-electron chi connectivity index (χ3n) is 3.49. The van der Waals surface area contributed by atoms with Gasteiger partial charge in [-0.1, -0.05) is 18.6 Å². The Hall–Kier alpha value is -2.30. The molecule has 4 N–H and O–H groups in total. The lowest BCUT2D eigenvalue weighted by molar-refractivity contribution is -0.137. The van der Waals surface area contributed by atoms with Gasteiger partial charge in [0.1, 0.15) is 5.82 Å². The Kier molecular flexibility index (Phi) is 4.98.